The topological polar surface area (TPSA) is 75.4 Å². The predicted octanol–water partition coefficient (Wildman–Crippen LogP) is -2.28. The van der Waals surface area contributed by atoms with Crippen LogP contribution >= 0.6 is 0 Å². The average molecular weight is 174 g/mol. The Morgan fingerprint density at radius 3 is 2.50 bits per heavy atom. The van der Waals surface area contributed by atoms with Crippen molar-refractivity contribution in [2.75, 3.05) is 13.1 Å². The molecule has 0 saturated carbocycles. The third kappa shape index (κ3) is 5.67. The van der Waals surface area contributed by atoms with Crippen LogP contribution in [0.25, 0.3) is 0 Å². The maximum atomic E-state index is 8.91. The van der Waals surface area contributed by atoms with E-state index in [9.17, 15) is 0 Å². The molecule has 5 nitrogen and oxygen atoms in total. The molecule has 0 saturated heterocycles. The van der Waals surface area contributed by atoms with E-state index in [-0.39, 0.29) is 6.23 Å². The van der Waals surface area contributed by atoms with Gasteiger partial charge in [-0.2, -0.15) is 0 Å². The van der Waals surface area contributed by atoms with Gasteiger partial charge in [0.1, 0.15) is 13.1 Å². The minimum absolute atomic E-state index is 0.343. The Bertz CT molecular complexity index is 173. The first-order chi connectivity index (χ1) is 5.54. The smallest absolute Gasteiger partial charge is 0.234 e. The van der Waals surface area contributed by atoms with Gasteiger partial charge >= 0.3 is 0 Å². The molecule has 0 aromatic carbocycles. The van der Waals surface area contributed by atoms with Crippen LogP contribution in [0.3, 0.4) is 0 Å². The highest BCUT2D eigenvalue weighted by Gasteiger charge is 2.11. The Morgan fingerprint density at radius 2 is 2.33 bits per heavy atom. The number of hydrogen-bond acceptors (Lipinski definition) is 4. The van der Waals surface area contributed by atoms with Crippen molar-refractivity contribution in [1.82, 2.24) is 5.32 Å². The molecule has 0 bridgehead atoms. The third-order valence-corrected chi connectivity index (χ3v) is 1.25. The number of carbonyl (C=O) groups is 1. The van der Waals surface area contributed by atoms with Crippen LogP contribution in [0.5, 0.6) is 0 Å². The molecule has 1 heterocycles. The Morgan fingerprint density at radius 1 is 1.83 bits per heavy atom. The summed E-state index contributed by atoms with van der Waals surface area (Å²) in [5.41, 5.74) is 0. The number of carbonyl (C=O) groups excluding carboxylic acids is 1. The molecule has 2 N–H and O–H groups in total. The van der Waals surface area contributed by atoms with Crippen molar-refractivity contribution >= 4 is 12.3 Å². The van der Waals surface area contributed by atoms with Gasteiger partial charge in [-0.05, 0) is 6.92 Å². The molecule has 1 aliphatic rings. The molecule has 1 rings (SSSR count). The molecule has 70 valence electrons. The standard InChI is InChI=1S/C5H10N2O.C2H4O2/c1-5(8)7-3-2-6-4-7;1-2(3)4/h4-5,8H,2-3H2,1H3;1H3,(H,3,4). The molecular formula is C7H14N2O3. The molecule has 0 aromatic rings. The van der Waals surface area contributed by atoms with Crippen molar-refractivity contribution in [3.63, 3.8) is 0 Å². The Hall–Kier alpha value is -1.10. The number of rotatable bonds is 1. The lowest BCUT2D eigenvalue weighted by Gasteiger charge is -2.00. The number of carboxylic acids is 1. The van der Waals surface area contributed by atoms with Crippen LogP contribution in [0.15, 0.2) is 0 Å². The highest BCUT2D eigenvalue weighted by atomic mass is 16.4. The van der Waals surface area contributed by atoms with Crippen LogP contribution in [0.4, 0.5) is 0 Å². The maximum Gasteiger partial charge on any atom is 0.234 e. The number of aliphatic carboxylic acids is 1. The summed E-state index contributed by atoms with van der Waals surface area (Å²) in [7, 11) is 0. The van der Waals surface area contributed by atoms with Gasteiger partial charge in [0.05, 0.1) is 0 Å². The van der Waals surface area contributed by atoms with E-state index in [1.54, 1.807) is 6.92 Å². The van der Waals surface area contributed by atoms with Crippen LogP contribution in [-0.4, -0.2) is 41.3 Å². The van der Waals surface area contributed by atoms with Gasteiger partial charge in [-0.1, -0.05) is 0 Å². The number of carboxylic acid groups (broad SMARTS) is 1. The highest BCUT2D eigenvalue weighted by molar-refractivity contribution is 5.60. The van der Waals surface area contributed by atoms with Gasteiger partial charge in [0, 0.05) is 12.9 Å². The summed E-state index contributed by atoms with van der Waals surface area (Å²) in [6.45, 7) is 4.59. The van der Waals surface area contributed by atoms with E-state index in [0.717, 1.165) is 20.0 Å². The molecule has 0 aliphatic carbocycles. The van der Waals surface area contributed by atoms with Crippen molar-refractivity contribution in [2.45, 2.75) is 20.1 Å². The van der Waals surface area contributed by atoms with E-state index < -0.39 is 5.97 Å². The van der Waals surface area contributed by atoms with Crippen LogP contribution in [0.2, 0.25) is 0 Å². The zero-order valence-corrected chi connectivity index (χ0v) is 7.28. The quantitative estimate of drug-likeness (QED) is 0.439. The molecule has 1 atom stereocenters. The second-order valence-corrected chi connectivity index (χ2v) is 2.44. The van der Waals surface area contributed by atoms with Crippen molar-refractivity contribution in [3.05, 3.63) is 0 Å². The normalized spacial score (nSPS) is 16.8. The van der Waals surface area contributed by atoms with Crippen molar-refractivity contribution in [1.29, 1.82) is 0 Å². The first-order valence-electron chi connectivity index (χ1n) is 3.72. The van der Waals surface area contributed by atoms with Crippen LogP contribution in [0.1, 0.15) is 13.8 Å². The van der Waals surface area contributed by atoms with E-state index in [1.807, 2.05) is 10.9 Å². The second-order valence-electron chi connectivity index (χ2n) is 2.44. The van der Waals surface area contributed by atoms with Gasteiger partial charge in [0.25, 0.3) is 0 Å². The molecule has 1 unspecified atom stereocenters. The van der Waals surface area contributed by atoms with Gasteiger partial charge in [0.15, 0.2) is 6.23 Å². The molecule has 0 aromatic heterocycles. The lowest BCUT2D eigenvalue weighted by atomic mass is 10.6. The molecule has 0 spiro atoms. The number of nitrogens with one attached hydrogen (secondary N) is 1. The summed E-state index contributed by atoms with van der Waals surface area (Å²) < 4.78 is 1.85. The fraction of sp³-hybridized carbons (Fsp3) is 0.714. The van der Waals surface area contributed by atoms with E-state index >= 15 is 0 Å². The van der Waals surface area contributed by atoms with E-state index in [0.29, 0.717) is 0 Å². The van der Waals surface area contributed by atoms with E-state index in [4.69, 9.17) is 15.0 Å². The van der Waals surface area contributed by atoms with E-state index in [1.165, 1.54) is 0 Å². The van der Waals surface area contributed by atoms with Gasteiger partial charge in [-0.25, -0.2) is 4.58 Å². The molecule has 0 amide bonds. The van der Waals surface area contributed by atoms with Gasteiger partial charge < -0.3 is 15.0 Å². The van der Waals surface area contributed by atoms with E-state index in [2.05, 4.69) is 5.32 Å². The number of nitrogens with zero attached hydrogens (tertiary/aromatic N) is 1. The Balaban J connectivity index is 0.000000261. The molecular weight excluding hydrogens is 160 g/mol. The summed E-state index contributed by atoms with van der Waals surface area (Å²) in [5, 5.41) is 20.8. The largest absolute Gasteiger partial charge is 0.550 e. The summed E-state index contributed by atoms with van der Waals surface area (Å²) in [5.74, 6) is -1.08. The SMILES string of the molecule is CC(=O)[O-].CC(O)[N+]1=CNCC1. The summed E-state index contributed by atoms with van der Waals surface area (Å²) in [6, 6.07) is 0. The fourth-order valence-electron chi connectivity index (χ4n) is 0.735. The Kier molecular flexibility index (Phi) is 5.03. The van der Waals surface area contributed by atoms with Crippen molar-refractivity contribution in [2.24, 2.45) is 0 Å². The van der Waals surface area contributed by atoms with Crippen molar-refractivity contribution < 1.29 is 19.6 Å². The molecule has 1 aliphatic heterocycles. The molecule has 12 heavy (non-hydrogen) atoms. The number of aliphatic hydroxyl groups is 1. The minimum Gasteiger partial charge on any atom is -0.550 e. The Labute approximate surface area is 71.3 Å². The molecule has 0 fully saturated rings. The fourth-order valence-corrected chi connectivity index (χ4v) is 0.735. The summed E-state index contributed by atoms with van der Waals surface area (Å²) in [6.07, 6.45) is 1.47. The molecule has 0 radical (unpaired) electrons. The zero-order valence-electron chi connectivity index (χ0n) is 7.28. The van der Waals surface area contributed by atoms with Gasteiger partial charge in [-0.3, -0.25) is 5.32 Å². The average Bonchev–Trinajstić information content (AvgIpc) is 2.34. The highest BCUT2D eigenvalue weighted by Crippen LogP contribution is 1.85. The monoisotopic (exact) mass is 174 g/mol. The lowest BCUT2D eigenvalue weighted by Crippen LogP contribution is -2.21. The minimum atomic E-state index is -1.08. The maximum absolute atomic E-state index is 8.91. The number of aliphatic hydroxyl groups excluding tert-OH is 1. The number of hydrogen-bond donors (Lipinski definition) is 2. The summed E-state index contributed by atoms with van der Waals surface area (Å²) in [4.78, 5) is 8.89. The summed E-state index contributed by atoms with van der Waals surface area (Å²) >= 11 is 0. The van der Waals surface area contributed by atoms with Crippen molar-refractivity contribution in [3.8, 4) is 0 Å². The zero-order chi connectivity index (χ0) is 9.56. The first kappa shape index (κ1) is 10.9. The lowest BCUT2D eigenvalue weighted by molar-refractivity contribution is -0.592. The molecule has 5 heteroatoms. The van der Waals surface area contributed by atoms with Gasteiger partial charge in [0.2, 0.25) is 6.34 Å². The second kappa shape index (κ2) is 5.54. The van der Waals surface area contributed by atoms with Gasteiger partial charge in [-0.15, -0.1) is 0 Å². The third-order valence-electron chi connectivity index (χ3n) is 1.25. The first-order valence-corrected chi connectivity index (χ1v) is 3.72. The van der Waals surface area contributed by atoms with Crippen LogP contribution < -0.4 is 10.4 Å². The van der Waals surface area contributed by atoms with Crippen LogP contribution in [0, 0.1) is 0 Å². The van der Waals surface area contributed by atoms with Crippen LogP contribution in [-0.2, 0) is 4.79 Å². The predicted molar refractivity (Wildman–Crippen MR) is 41.6 cm³/mol.